The van der Waals surface area contributed by atoms with Crippen LogP contribution in [-0.2, 0) is 0 Å². The Morgan fingerprint density at radius 3 is 2.15 bits per heavy atom. The first-order valence-corrected chi connectivity index (χ1v) is 13.1. The van der Waals surface area contributed by atoms with E-state index >= 15 is 0 Å². The summed E-state index contributed by atoms with van der Waals surface area (Å²) in [5, 5.41) is 4.47. The lowest BCUT2D eigenvalue weighted by Gasteiger charge is -2.15. The maximum Gasteiger partial charge on any atom is 0.143 e. The Hall–Kier alpha value is -5.40. The molecule has 190 valence electrons. The van der Waals surface area contributed by atoms with Crippen LogP contribution in [0.5, 0.6) is 0 Å². The van der Waals surface area contributed by atoms with Gasteiger partial charge < -0.3 is 4.42 Å². The second kappa shape index (κ2) is 8.55. The van der Waals surface area contributed by atoms with Gasteiger partial charge in [-0.05, 0) is 78.1 Å². The zero-order chi connectivity index (χ0) is 38.2. The SMILES string of the molecule is [2H]c1c([2H])c([2H])c(-c2c([2H])c([2H])c([2H])c3c([2H])c([2H])c4c(oc5c([2H])c([2H])c([2H])c(-c6c7ccccc7cc7c6ccc6ccccc67)c54)c23)c([2H])c1[2H]. The summed E-state index contributed by atoms with van der Waals surface area (Å²) in [6.45, 7) is 0. The van der Waals surface area contributed by atoms with E-state index in [4.69, 9.17) is 18.1 Å². The van der Waals surface area contributed by atoms with Gasteiger partial charge in [-0.3, -0.25) is 0 Å². The molecule has 41 heavy (non-hydrogen) atoms. The third kappa shape index (κ3) is 3.24. The summed E-state index contributed by atoms with van der Waals surface area (Å²) in [4.78, 5) is 0. The number of hydrogen-bond acceptors (Lipinski definition) is 1. The van der Waals surface area contributed by atoms with E-state index in [1.165, 1.54) is 0 Å². The molecule has 0 saturated heterocycles. The van der Waals surface area contributed by atoms with E-state index in [2.05, 4.69) is 0 Å². The lowest BCUT2D eigenvalue weighted by molar-refractivity contribution is 0.673. The van der Waals surface area contributed by atoms with Crippen LogP contribution in [0.25, 0.3) is 87.3 Å². The summed E-state index contributed by atoms with van der Waals surface area (Å²) in [6, 6.07) is 13.6. The molecule has 0 radical (unpaired) electrons. The first kappa shape index (κ1) is 13.3. The van der Waals surface area contributed by atoms with Gasteiger partial charge >= 0.3 is 0 Å². The molecule has 9 rings (SSSR count). The third-order valence-corrected chi connectivity index (χ3v) is 7.71. The van der Waals surface area contributed by atoms with Crippen LogP contribution >= 0.6 is 0 Å². The summed E-state index contributed by atoms with van der Waals surface area (Å²) >= 11 is 0. The number of furan rings is 1. The highest BCUT2D eigenvalue weighted by Crippen LogP contribution is 2.46. The van der Waals surface area contributed by atoms with Crippen molar-refractivity contribution in [1.29, 1.82) is 0 Å². The van der Waals surface area contributed by atoms with E-state index in [1.54, 1.807) is 0 Å². The summed E-state index contributed by atoms with van der Waals surface area (Å²) in [7, 11) is 0. The normalized spacial score (nSPS) is 16.3. The summed E-state index contributed by atoms with van der Waals surface area (Å²) in [6.07, 6.45) is 0. The predicted molar refractivity (Wildman–Crippen MR) is 175 cm³/mol. The van der Waals surface area contributed by atoms with Gasteiger partial charge in [-0.25, -0.2) is 0 Å². The average Bonchev–Trinajstić information content (AvgIpc) is 3.57. The molecule has 9 aromatic rings. The second-order valence-electron chi connectivity index (χ2n) is 9.86. The molecule has 0 unspecified atom stereocenters. The molecule has 0 amide bonds. The van der Waals surface area contributed by atoms with Gasteiger partial charge in [-0.15, -0.1) is 0 Å². The van der Waals surface area contributed by atoms with Crippen LogP contribution in [0.4, 0.5) is 0 Å². The molecule has 0 spiro atoms. The number of benzene rings is 8. The van der Waals surface area contributed by atoms with Crippen LogP contribution in [0.15, 0.2) is 150 Å². The van der Waals surface area contributed by atoms with E-state index in [0.717, 1.165) is 21.5 Å². The molecule has 1 nitrogen and oxygen atoms in total. The van der Waals surface area contributed by atoms with Crippen LogP contribution < -0.4 is 0 Å². The number of hydrogen-bond donors (Lipinski definition) is 0. The van der Waals surface area contributed by atoms with Crippen molar-refractivity contribution in [2.75, 3.05) is 0 Å². The number of rotatable bonds is 2. The van der Waals surface area contributed by atoms with Crippen LogP contribution in [-0.4, -0.2) is 0 Å². The summed E-state index contributed by atoms with van der Waals surface area (Å²) < 4.78 is 121. The molecule has 0 bridgehead atoms. The van der Waals surface area contributed by atoms with E-state index in [0.29, 0.717) is 16.3 Å². The van der Waals surface area contributed by atoms with Gasteiger partial charge in [-0.1, -0.05) is 127 Å². The van der Waals surface area contributed by atoms with Crippen molar-refractivity contribution in [2.24, 2.45) is 0 Å². The standard InChI is InChI=1S/C40H24O/c1-2-10-25(11-3-1)30-17-8-14-27-21-23-34-39-33(18-9-19-36(39)41-40(34)37(27)30)38-31-16-7-5-13-28(31)24-35-29-15-6-4-12-26(29)20-22-32(35)38/h1-24H/i1D,2D,3D,8D,9D,10D,11D,14D,17D,18D,19D,21D,23D. The lowest BCUT2D eigenvalue weighted by Crippen LogP contribution is -1.88. The molecule has 1 heterocycles. The van der Waals surface area contributed by atoms with Crippen molar-refractivity contribution in [3.05, 3.63) is 145 Å². The van der Waals surface area contributed by atoms with Crippen LogP contribution in [0.3, 0.4) is 0 Å². The third-order valence-electron chi connectivity index (χ3n) is 7.71. The van der Waals surface area contributed by atoms with E-state index in [1.807, 2.05) is 66.7 Å². The minimum atomic E-state index is -0.701. The van der Waals surface area contributed by atoms with Crippen LogP contribution in [0.1, 0.15) is 17.8 Å². The Bertz CT molecular complexity index is 3170. The molecular formula is C40H24O. The summed E-state index contributed by atoms with van der Waals surface area (Å²) in [5.41, 5.74) is -0.576. The van der Waals surface area contributed by atoms with Gasteiger partial charge in [0.1, 0.15) is 11.2 Å². The highest BCUT2D eigenvalue weighted by atomic mass is 16.3. The van der Waals surface area contributed by atoms with Crippen molar-refractivity contribution in [1.82, 2.24) is 0 Å². The molecule has 0 atom stereocenters. The smallest absolute Gasteiger partial charge is 0.143 e. The molecule has 0 N–H and O–H groups in total. The topological polar surface area (TPSA) is 13.1 Å². The maximum atomic E-state index is 9.42. The Morgan fingerprint density at radius 2 is 1.24 bits per heavy atom. The molecule has 8 aromatic carbocycles. The maximum absolute atomic E-state index is 9.42. The van der Waals surface area contributed by atoms with Gasteiger partial charge in [0.15, 0.2) is 0 Å². The Morgan fingerprint density at radius 1 is 0.463 bits per heavy atom. The average molecular weight is 534 g/mol. The zero-order valence-corrected chi connectivity index (χ0v) is 21.3. The quantitative estimate of drug-likeness (QED) is 0.159. The van der Waals surface area contributed by atoms with Gasteiger partial charge in [0, 0.05) is 16.2 Å². The van der Waals surface area contributed by atoms with Crippen molar-refractivity contribution in [3.8, 4) is 22.3 Å². The first-order valence-electron chi connectivity index (χ1n) is 19.6. The molecule has 1 heteroatoms. The first-order chi connectivity index (χ1) is 25.8. The van der Waals surface area contributed by atoms with Gasteiger partial charge in [0.05, 0.1) is 17.8 Å². The van der Waals surface area contributed by atoms with E-state index < -0.39 is 78.1 Å². The summed E-state index contributed by atoms with van der Waals surface area (Å²) in [5.74, 6) is 0. The van der Waals surface area contributed by atoms with Crippen LogP contribution in [0.2, 0.25) is 0 Å². The molecule has 0 aliphatic carbocycles. The minimum absolute atomic E-state index is 0.0715. The molecular weight excluding hydrogens is 496 g/mol. The number of fused-ring (bicyclic) bond motifs is 9. The fourth-order valence-electron chi connectivity index (χ4n) is 5.96. The second-order valence-corrected chi connectivity index (χ2v) is 9.86. The van der Waals surface area contributed by atoms with E-state index in [9.17, 15) is 4.11 Å². The molecule has 0 saturated carbocycles. The van der Waals surface area contributed by atoms with Crippen molar-refractivity contribution >= 4 is 65.0 Å². The highest BCUT2D eigenvalue weighted by Gasteiger charge is 2.20. The fraction of sp³-hybridized carbons (Fsp3) is 0. The monoisotopic (exact) mass is 533 g/mol. The van der Waals surface area contributed by atoms with Crippen molar-refractivity contribution < 1.29 is 22.2 Å². The molecule has 0 fully saturated rings. The van der Waals surface area contributed by atoms with Gasteiger partial charge in [-0.2, -0.15) is 0 Å². The van der Waals surface area contributed by atoms with Gasteiger partial charge in [0.25, 0.3) is 0 Å². The lowest BCUT2D eigenvalue weighted by atomic mass is 9.88. The largest absolute Gasteiger partial charge is 0.455 e. The van der Waals surface area contributed by atoms with Crippen molar-refractivity contribution in [2.45, 2.75) is 0 Å². The van der Waals surface area contributed by atoms with Gasteiger partial charge in [0.2, 0.25) is 0 Å². The molecule has 1 aromatic heterocycles. The predicted octanol–water partition coefficient (Wildman–Crippen LogP) is 11.5. The molecule has 0 aliphatic heterocycles. The molecule has 0 aliphatic rings. The zero-order valence-electron chi connectivity index (χ0n) is 34.3. The fourth-order valence-corrected chi connectivity index (χ4v) is 5.96. The van der Waals surface area contributed by atoms with E-state index in [-0.39, 0.29) is 49.9 Å². The highest BCUT2D eigenvalue weighted by molar-refractivity contribution is 6.27. The van der Waals surface area contributed by atoms with Crippen molar-refractivity contribution in [3.63, 3.8) is 0 Å². The Kier molecular flexibility index (Phi) is 2.77. The minimum Gasteiger partial charge on any atom is -0.455 e. The van der Waals surface area contributed by atoms with Crippen LogP contribution in [0, 0.1) is 0 Å². The Labute approximate surface area is 255 Å². The Balaban J connectivity index is 1.58.